The lowest BCUT2D eigenvalue weighted by Crippen LogP contribution is -2.22. The van der Waals surface area contributed by atoms with Crippen LogP contribution in [0.3, 0.4) is 0 Å². The molecular formula is C26H38N4O6. The predicted octanol–water partition coefficient (Wildman–Crippen LogP) is 3.12. The molecule has 0 unspecified atom stereocenters. The van der Waals surface area contributed by atoms with Crippen molar-refractivity contribution in [1.29, 1.82) is 0 Å². The molecule has 2 aliphatic heterocycles. The minimum Gasteiger partial charge on any atom is -0.465 e. The summed E-state index contributed by atoms with van der Waals surface area (Å²) in [7, 11) is 0. The van der Waals surface area contributed by atoms with E-state index in [1.54, 1.807) is 6.92 Å². The molecule has 0 radical (unpaired) electrons. The number of ether oxygens (including phenoxy) is 5. The second-order valence-corrected chi connectivity index (χ2v) is 8.40. The van der Waals surface area contributed by atoms with Gasteiger partial charge in [0.25, 0.3) is 0 Å². The van der Waals surface area contributed by atoms with Crippen molar-refractivity contribution in [2.45, 2.75) is 33.4 Å². The van der Waals surface area contributed by atoms with Crippen molar-refractivity contribution in [2.24, 2.45) is 0 Å². The van der Waals surface area contributed by atoms with Gasteiger partial charge in [-0.1, -0.05) is 12.1 Å². The quantitative estimate of drug-likeness (QED) is 0.284. The van der Waals surface area contributed by atoms with Gasteiger partial charge in [-0.25, -0.2) is 0 Å². The molecule has 0 saturated carbocycles. The number of anilines is 4. The van der Waals surface area contributed by atoms with Crippen LogP contribution in [0, 0.1) is 13.8 Å². The van der Waals surface area contributed by atoms with Crippen LogP contribution >= 0.6 is 0 Å². The van der Waals surface area contributed by atoms with Gasteiger partial charge in [0.1, 0.15) is 6.54 Å². The maximum absolute atomic E-state index is 11.4. The van der Waals surface area contributed by atoms with Crippen molar-refractivity contribution in [3.05, 3.63) is 47.5 Å². The summed E-state index contributed by atoms with van der Waals surface area (Å²) >= 11 is 0. The van der Waals surface area contributed by atoms with Gasteiger partial charge in [0.05, 0.1) is 68.9 Å². The highest BCUT2D eigenvalue weighted by Crippen LogP contribution is 2.23. The van der Waals surface area contributed by atoms with Crippen LogP contribution in [0.2, 0.25) is 0 Å². The summed E-state index contributed by atoms with van der Waals surface area (Å²) in [5.41, 5.74) is 11.6. The third-order valence-electron chi connectivity index (χ3n) is 5.41. The number of hydrogen-bond donors (Lipinski definition) is 4. The Hall–Kier alpha value is -3.05. The van der Waals surface area contributed by atoms with Crippen LogP contribution in [0.25, 0.3) is 0 Å². The molecule has 2 aliphatic rings. The topological polar surface area (TPSA) is 125 Å². The van der Waals surface area contributed by atoms with E-state index in [9.17, 15) is 4.79 Å². The van der Waals surface area contributed by atoms with E-state index in [4.69, 9.17) is 29.4 Å². The number of hydrogen-bond acceptors (Lipinski definition) is 10. The number of nitrogens with one attached hydrogen (secondary N) is 3. The fourth-order valence-corrected chi connectivity index (χ4v) is 3.60. The molecule has 2 fully saturated rings. The van der Waals surface area contributed by atoms with Gasteiger partial charge in [-0.2, -0.15) is 0 Å². The molecule has 4 rings (SSSR count). The van der Waals surface area contributed by atoms with Crippen LogP contribution in [0.5, 0.6) is 0 Å². The third-order valence-corrected chi connectivity index (χ3v) is 5.41. The Labute approximate surface area is 212 Å². The number of rotatable bonds is 10. The molecular weight excluding hydrogens is 464 g/mol. The molecule has 2 aromatic carbocycles. The highest BCUT2D eigenvalue weighted by atomic mass is 16.7. The van der Waals surface area contributed by atoms with Gasteiger partial charge in [-0.15, -0.1) is 0 Å². The van der Waals surface area contributed by atoms with Gasteiger partial charge in [0.2, 0.25) is 0 Å². The molecule has 2 saturated heterocycles. The molecule has 10 nitrogen and oxygen atoms in total. The van der Waals surface area contributed by atoms with Crippen molar-refractivity contribution >= 4 is 28.7 Å². The number of esters is 1. The zero-order valence-electron chi connectivity index (χ0n) is 21.3. The van der Waals surface area contributed by atoms with Crippen molar-refractivity contribution in [2.75, 3.05) is 74.4 Å². The molecule has 0 aliphatic carbocycles. The zero-order valence-corrected chi connectivity index (χ0v) is 21.3. The van der Waals surface area contributed by atoms with Crippen molar-refractivity contribution in [1.82, 2.24) is 0 Å². The molecule has 2 heterocycles. The lowest BCUT2D eigenvalue weighted by molar-refractivity contribution is -0.140. The highest BCUT2D eigenvalue weighted by Gasteiger charge is 2.17. The van der Waals surface area contributed by atoms with E-state index < -0.39 is 0 Å². The van der Waals surface area contributed by atoms with E-state index in [2.05, 4.69) is 16.0 Å². The molecule has 10 heteroatoms. The first kappa shape index (κ1) is 27.5. The number of aryl methyl sites for hydroxylation is 2. The van der Waals surface area contributed by atoms with Crippen molar-refractivity contribution < 1.29 is 28.5 Å². The summed E-state index contributed by atoms with van der Waals surface area (Å²) < 4.78 is 26.3. The smallest absolute Gasteiger partial charge is 0.325 e. The van der Waals surface area contributed by atoms with E-state index in [0.29, 0.717) is 46.1 Å². The van der Waals surface area contributed by atoms with Gasteiger partial charge >= 0.3 is 5.97 Å². The Morgan fingerprint density at radius 1 is 0.833 bits per heavy atom. The Bertz CT molecular complexity index is 961. The monoisotopic (exact) mass is 502 g/mol. The summed E-state index contributed by atoms with van der Waals surface area (Å²) in [6.45, 7) is 10.2. The summed E-state index contributed by atoms with van der Waals surface area (Å²) in [6.07, 6.45) is -0.367. The average Bonchev–Trinajstić information content (AvgIpc) is 3.58. The van der Waals surface area contributed by atoms with E-state index in [0.717, 1.165) is 28.3 Å². The van der Waals surface area contributed by atoms with Crippen LogP contribution < -0.4 is 21.7 Å². The van der Waals surface area contributed by atoms with E-state index >= 15 is 0 Å². The lowest BCUT2D eigenvalue weighted by atomic mass is 10.2. The molecule has 0 amide bonds. The minimum absolute atomic E-state index is 0.141. The van der Waals surface area contributed by atoms with Gasteiger partial charge in [0, 0.05) is 0 Å². The fraction of sp³-hybridized carbons (Fsp3) is 0.500. The number of nitrogens with two attached hydrogens (primary N) is 1. The summed E-state index contributed by atoms with van der Waals surface area (Å²) in [5, 5.41) is 9.59. The van der Waals surface area contributed by atoms with E-state index in [1.165, 1.54) is 5.56 Å². The Balaban J connectivity index is 0.000000212. The molecule has 0 atom stereocenters. The third kappa shape index (κ3) is 9.19. The minimum atomic E-state index is -0.272. The molecule has 0 spiro atoms. The van der Waals surface area contributed by atoms with Crippen molar-refractivity contribution in [3.8, 4) is 0 Å². The molecule has 5 N–H and O–H groups in total. The first-order valence-corrected chi connectivity index (χ1v) is 12.2. The summed E-state index contributed by atoms with van der Waals surface area (Å²) in [4.78, 5) is 11.4. The van der Waals surface area contributed by atoms with Crippen LogP contribution in [0.1, 0.15) is 18.1 Å². The second kappa shape index (κ2) is 14.5. The molecule has 0 bridgehead atoms. The highest BCUT2D eigenvalue weighted by molar-refractivity contribution is 5.78. The number of carbonyl (C=O) groups is 1. The van der Waals surface area contributed by atoms with E-state index in [1.807, 2.05) is 50.2 Å². The van der Waals surface area contributed by atoms with Gasteiger partial charge in [0.15, 0.2) is 12.6 Å². The van der Waals surface area contributed by atoms with Crippen LogP contribution in [-0.4, -0.2) is 71.2 Å². The SMILES string of the molecule is CCOC(=O)CNc1ccc(C)cc1NCC1OCCO1.Cc1ccc(N)c(NCC2OCCO2)c1. The largest absolute Gasteiger partial charge is 0.465 e. The summed E-state index contributed by atoms with van der Waals surface area (Å²) in [6, 6.07) is 11.8. The first-order chi connectivity index (χ1) is 17.4. The Morgan fingerprint density at radius 3 is 1.94 bits per heavy atom. The summed E-state index contributed by atoms with van der Waals surface area (Å²) in [5.74, 6) is -0.272. The van der Waals surface area contributed by atoms with E-state index in [-0.39, 0.29) is 25.1 Å². The second-order valence-electron chi connectivity index (χ2n) is 8.40. The predicted molar refractivity (Wildman–Crippen MR) is 140 cm³/mol. The first-order valence-electron chi connectivity index (χ1n) is 12.2. The Kier molecular flexibility index (Phi) is 11.1. The normalized spacial score (nSPS) is 15.8. The standard InChI is InChI=1S/C15H22N2O4.C11H16N2O2/c1-3-19-14(18)9-16-12-5-4-11(2)8-13(12)17-10-15-20-6-7-21-15;1-8-2-3-9(12)10(6-8)13-7-11-14-4-5-15-11/h4-5,8,15-17H,3,6-7,9-10H2,1-2H3;2-3,6,11,13H,4-5,7,12H2,1H3. The molecule has 36 heavy (non-hydrogen) atoms. The lowest BCUT2D eigenvalue weighted by Gasteiger charge is -2.16. The van der Waals surface area contributed by atoms with Crippen molar-refractivity contribution in [3.63, 3.8) is 0 Å². The Morgan fingerprint density at radius 2 is 1.36 bits per heavy atom. The van der Waals surface area contributed by atoms with Crippen LogP contribution in [0.15, 0.2) is 36.4 Å². The molecule has 2 aromatic rings. The number of carbonyl (C=O) groups excluding carboxylic acids is 1. The number of benzene rings is 2. The fourth-order valence-electron chi connectivity index (χ4n) is 3.60. The average molecular weight is 503 g/mol. The van der Waals surface area contributed by atoms with Crippen LogP contribution in [0.4, 0.5) is 22.7 Å². The van der Waals surface area contributed by atoms with Crippen LogP contribution in [-0.2, 0) is 28.5 Å². The molecule has 0 aromatic heterocycles. The van der Waals surface area contributed by atoms with Gasteiger partial charge in [-0.05, 0) is 56.2 Å². The maximum Gasteiger partial charge on any atom is 0.325 e. The zero-order chi connectivity index (χ0) is 25.8. The maximum atomic E-state index is 11.4. The number of nitrogen functional groups attached to an aromatic ring is 1. The molecule has 198 valence electrons. The van der Waals surface area contributed by atoms with Gasteiger partial charge < -0.3 is 45.4 Å². The van der Waals surface area contributed by atoms with Gasteiger partial charge in [-0.3, -0.25) is 4.79 Å².